The normalized spacial score (nSPS) is 11.4. The minimum absolute atomic E-state index is 0.0180. The molecule has 0 saturated carbocycles. The van der Waals surface area contributed by atoms with E-state index in [1.54, 1.807) is 12.0 Å². The first-order valence-corrected chi connectivity index (χ1v) is 10.5. The summed E-state index contributed by atoms with van der Waals surface area (Å²) in [6, 6.07) is 11.4. The summed E-state index contributed by atoms with van der Waals surface area (Å²) in [5.74, 6) is -0.352. The third-order valence-electron chi connectivity index (χ3n) is 5.17. The molecular weight excluding hydrogens is 406 g/mol. The molecule has 0 atom stereocenters. The Labute approximate surface area is 189 Å². The minimum atomic E-state index is -0.817. The van der Waals surface area contributed by atoms with E-state index in [1.165, 1.54) is 6.08 Å². The molecule has 1 amide bonds. The van der Waals surface area contributed by atoms with Crippen LogP contribution in [0.1, 0.15) is 44.6 Å². The molecule has 7 nitrogen and oxygen atoms in total. The second-order valence-corrected chi connectivity index (χ2v) is 8.09. The van der Waals surface area contributed by atoms with Crippen molar-refractivity contribution in [2.24, 2.45) is 0 Å². The predicted octanol–water partition coefficient (Wildman–Crippen LogP) is 4.20. The van der Waals surface area contributed by atoms with Crippen LogP contribution in [0.4, 0.5) is 0 Å². The highest BCUT2D eigenvalue weighted by Crippen LogP contribution is 2.24. The van der Waals surface area contributed by atoms with Crippen LogP contribution in [0.15, 0.2) is 35.9 Å². The summed E-state index contributed by atoms with van der Waals surface area (Å²) in [7, 11) is 1.61. The maximum absolute atomic E-state index is 12.5. The van der Waals surface area contributed by atoms with E-state index in [2.05, 4.69) is 0 Å². The number of hydrogen-bond acceptors (Lipinski definition) is 5. The van der Waals surface area contributed by atoms with E-state index >= 15 is 0 Å². The first-order valence-electron chi connectivity index (χ1n) is 10.5. The standard InChI is InChI=1S/C25H31N3O4/c1-16(2)27(17(3)4)24(29)15-32-25(30)21(14-26)13-20-12-18(5)28(19(20)6)22-8-10-23(31-7)11-9-22/h8-13,16-17H,15H2,1-7H3/b21-13+. The maximum Gasteiger partial charge on any atom is 0.349 e. The van der Waals surface area contributed by atoms with Gasteiger partial charge in [0.25, 0.3) is 5.91 Å². The summed E-state index contributed by atoms with van der Waals surface area (Å²) in [6.07, 6.45) is 1.50. The van der Waals surface area contributed by atoms with Gasteiger partial charge in [-0.05, 0) is 83.5 Å². The fourth-order valence-corrected chi connectivity index (χ4v) is 3.81. The molecule has 0 aliphatic carbocycles. The van der Waals surface area contributed by atoms with Crippen molar-refractivity contribution >= 4 is 18.0 Å². The van der Waals surface area contributed by atoms with Gasteiger partial charge in [-0.15, -0.1) is 0 Å². The Hall–Kier alpha value is -3.53. The van der Waals surface area contributed by atoms with E-state index in [0.29, 0.717) is 0 Å². The SMILES string of the molecule is COc1ccc(-n2c(C)cc(/C=C(\C#N)C(=O)OCC(=O)N(C(C)C)C(C)C)c2C)cc1. The van der Waals surface area contributed by atoms with Gasteiger partial charge in [-0.2, -0.15) is 5.26 Å². The molecule has 0 aliphatic rings. The number of aryl methyl sites for hydroxylation is 1. The van der Waals surface area contributed by atoms with Gasteiger partial charge in [0, 0.05) is 29.2 Å². The van der Waals surface area contributed by atoms with Crippen molar-refractivity contribution in [1.29, 1.82) is 5.26 Å². The Balaban J connectivity index is 2.23. The van der Waals surface area contributed by atoms with Crippen LogP contribution >= 0.6 is 0 Å². The molecule has 0 spiro atoms. The topological polar surface area (TPSA) is 84.6 Å². The molecule has 1 heterocycles. The lowest BCUT2D eigenvalue weighted by molar-refractivity contribution is -0.150. The van der Waals surface area contributed by atoms with Gasteiger partial charge in [-0.3, -0.25) is 4.79 Å². The number of ether oxygens (including phenoxy) is 2. The number of rotatable bonds is 8. The van der Waals surface area contributed by atoms with Gasteiger partial charge in [-0.1, -0.05) is 0 Å². The van der Waals surface area contributed by atoms with Crippen LogP contribution in [0.2, 0.25) is 0 Å². The summed E-state index contributed by atoms with van der Waals surface area (Å²) >= 11 is 0. The lowest BCUT2D eigenvalue weighted by Crippen LogP contribution is -2.44. The van der Waals surface area contributed by atoms with Crippen molar-refractivity contribution in [3.05, 3.63) is 52.9 Å². The predicted molar refractivity (Wildman–Crippen MR) is 123 cm³/mol. The zero-order valence-electron chi connectivity index (χ0n) is 19.8. The van der Waals surface area contributed by atoms with Crippen molar-refractivity contribution in [1.82, 2.24) is 9.47 Å². The molecule has 7 heteroatoms. The fourth-order valence-electron chi connectivity index (χ4n) is 3.81. The summed E-state index contributed by atoms with van der Waals surface area (Å²) in [6.45, 7) is 11.1. The molecule has 0 unspecified atom stereocenters. The number of hydrogen-bond donors (Lipinski definition) is 0. The summed E-state index contributed by atoms with van der Waals surface area (Å²) in [4.78, 5) is 26.6. The molecule has 0 N–H and O–H groups in total. The van der Waals surface area contributed by atoms with Crippen molar-refractivity contribution in [3.63, 3.8) is 0 Å². The molecule has 0 saturated heterocycles. The van der Waals surface area contributed by atoms with Gasteiger partial charge in [0.15, 0.2) is 6.61 Å². The third kappa shape index (κ3) is 5.58. The summed E-state index contributed by atoms with van der Waals surface area (Å²) < 4.78 is 12.4. The second kappa shape index (κ2) is 10.7. The molecule has 1 aromatic heterocycles. The van der Waals surface area contributed by atoms with Crippen LogP contribution in [-0.2, 0) is 14.3 Å². The zero-order valence-corrected chi connectivity index (χ0v) is 19.8. The lowest BCUT2D eigenvalue weighted by atomic mass is 10.1. The number of carbonyl (C=O) groups excluding carboxylic acids is 2. The molecule has 2 rings (SSSR count). The Morgan fingerprint density at radius 2 is 1.72 bits per heavy atom. The average Bonchev–Trinajstić information content (AvgIpc) is 3.02. The monoisotopic (exact) mass is 437 g/mol. The van der Waals surface area contributed by atoms with Crippen molar-refractivity contribution in [2.75, 3.05) is 13.7 Å². The molecule has 0 radical (unpaired) electrons. The molecule has 1 aromatic carbocycles. The molecule has 32 heavy (non-hydrogen) atoms. The van der Waals surface area contributed by atoms with Gasteiger partial charge in [-0.25, -0.2) is 4.79 Å². The van der Waals surface area contributed by atoms with Gasteiger partial charge in [0.1, 0.15) is 17.4 Å². The summed E-state index contributed by atoms with van der Waals surface area (Å²) in [5, 5.41) is 9.52. The number of methoxy groups -OCH3 is 1. The van der Waals surface area contributed by atoms with Crippen LogP contribution in [0.3, 0.4) is 0 Å². The molecular formula is C25H31N3O4. The number of carbonyl (C=O) groups is 2. The summed E-state index contributed by atoms with van der Waals surface area (Å²) in [5.41, 5.74) is 3.33. The smallest absolute Gasteiger partial charge is 0.349 e. The Bertz CT molecular complexity index is 1030. The minimum Gasteiger partial charge on any atom is -0.497 e. The first-order chi connectivity index (χ1) is 15.1. The molecule has 0 fully saturated rings. The zero-order chi connectivity index (χ0) is 24.0. The highest BCUT2D eigenvalue weighted by molar-refractivity contribution is 5.99. The highest BCUT2D eigenvalue weighted by Gasteiger charge is 2.22. The number of amides is 1. The maximum atomic E-state index is 12.5. The van der Waals surface area contributed by atoms with Crippen molar-refractivity contribution in [3.8, 4) is 17.5 Å². The second-order valence-electron chi connectivity index (χ2n) is 8.09. The third-order valence-corrected chi connectivity index (χ3v) is 5.17. The van der Waals surface area contributed by atoms with Gasteiger partial charge in [0.2, 0.25) is 0 Å². The first kappa shape index (κ1) is 24.7. The lowest BCUT2D eigenvalue weighted by Gasteiger charge is -2.30. The van der Waals surface area contributed by atoms with Crippen molar-refractivity contribution < 1.29 is 19.1 Å². The Morgan fingerprint density at radius 1 is 1.12 bits per heavy atom. The van der Waals surface area contributed by atoms with E-state index in [1.807, 2.05) is 82.5 Å². The Kier molecular flexibility index (Phi) is 8.25. The van der Waals surface area contributed by atoms with Crippen LogP contribution in [-0.4, -0.2) is 47.1 Å². The van der Waals surface area contributed by atoms with Crippen molar-refractivity contribution in [2.45, 2.75) is 53.6 Å². The van der Waals surface area contributed by atoms with E-state index < -0.39 is 12.6 Å². The molecule has 2 aromatic rings. The van der Waals surface area contributed by atoms with Gasteiger partial charge >= 0.3 is 5.97 Å². The van der Waals surface area contributed by atoms with Gasteiger partial charge < -0.3 is 18.9 Å². The van der Waals surface area contributed by atoms with Crippen LogP contribution in [0.5, 0.6) is 5.75 Å². The highest BCUT2D eigenvalue weighted by atomic mass is 16.5. The Morgan fingerprint density at radius 3 is 2.22 bits per heavy atom. The quantitative estimate of drug-likeness (QED) is 0.351. The largest absolute Gasteiger partial charge is 0.497 e. The van der Waals surface area contributed by atoms with Crippen LogP contribution in [0.25, 0.3) is 11.8 Å². The number of nitriles is 1. The molecule has 170 valence electrons. The van der Waals surface area contributed by atoms with E-state index in [0.717, 1.165) is 28.4 Å². The average molecular weight is 438 g/mol. The van der Waals surface area contributed by atoms with E-state index in [9.17, 15) is 14.9 Å². The number of esters is 1. The van der Waals surface area contributed by atoms with E-state index in [4.69, 9.17) is 9.47 Å². The van der Waals surface area contributed by atoms with Crippen LogP contribution < -0.4 is 4.74 Å². The fraction of sp³-hybridized carbons (Fsp3) is 0.400. The van der Waals surface area contributed by atoms with E-state index in [-0.39, 0.29) is 23.6 Å². The number of benzene rings is 1. The number of nitrogens with zero attached hydrogens (tertiary/aromatic N) is 3. The molecule has 0 bridgehead atoms. The molecule has 0 aliphatic heterocycles. The number of aromatic nitrogens is 1. The van der Waals surface area contributed by atoms with Crippen LogP contribution in [0, 0.1) is 25.2 Å². The van der Waals surface area contributed by atoms with Gasteiger partial charge in [0.05, 0.1) is 7.11 Å².